The van der Waals surface area contributed by atoms with E-state index in [9.17, 15) is 4.79 Å². The fraction of sp³-hybridized carbons (Fsp3) is 0.250. The number of furan rings is 1. The third-order valence-electron chi connectivity index (χ3n) is 4.61. The largest absolute Gasteiger partial charge is 0.463 e. The smallest absolute Gasteiger partial charge is 0.237 e. The number of fused-ring (bicyclic) bond motifs is 3. The Morgan fingerprint density at radius 2 is 2.07 bits per heavy atom. The number of anilines is 1. The normalized spacial score (nSPS) is 12.6. The van der Waals surface area contributed by atoms with E-state index in [0.717, 1.165) is 28.0 Å². The van der Waals surface area contributed by atoms with Gasteiger partial charge in [-0.05, 0) is 38.0 Å². The number of rotatable bonds is 5. The van der Waals surface area contributed by atoms with E-state index in [1.165, 1.54) is 11.8 Å². The van der Waals surface area contributed by atoms with Crippen molar-refractivity contribution >= 4 is 51.6 Å². The van der Waals surface area contributed by atoms with Gasteiger partial charge in [-0.3, -0.25) is 9.20 Å². The third-order valence-corrected chi connectivity index (χ3v) is 6.36. The molecule has 0 spiro atoms. The van der Waals surface area contributed by atoms with Crippen molar-refractivity contribution in [1.29, 1.82) is 0 Å². The first-order valence-corrected chi connectivity index (χ1v) is 10.2. The van der Waals surface area contributed by atoms with E-state index in [1.807, 2.05) is 49.4 Å². The van der Waals surface area contributed by atoms with Crippen molar-refractivity contribution in [2.45, 2.75) is 37.5 Å². The van der Waals surface area contributed by atoms with Crippen LogP contribution in [0.2, 0.25) is 5.02 Å². The molecule has 6 nitrogen and oxygen atoms in total. The van der Waals surface area contributed by atoms with Crippen LogP contribution >= 0.6 is 23.4 Å². The maximum atomic E-state index is 12.8. The molecule has 28 heavy (non-hydrogen) atoms. The lowest BCUT2D eigenvalue weighted by atomic mass is 10.2. The molecule has 0 saturated carbocycles. The zero-order valence-corrected chi connectivity index (χ0v) is 17.3. The summed E-state index contributed by atoms with van der Waals surface area (Å²) in [5, 5.41) is 12.5. The lowest BCUT2D eigenvalue weighted by Gasteiger charge is -2.15. The molecule has 144 valence electrons. The molecular formula is C20H19ClN4O2S. The number of nitrogens with one attached hydrogen (secondary N) is 1. The quantitative estimate of drug-likeness (QED) is 0.451. The molecule has 0 aliphatic rings. The van der Waals surface area contributed by atoms with Crippen molar-refractivity contribution in [3.8, 4) is 0 Å². The maximum absolute atomic E-state index is 12.8. The maximum Gasteiger partial charge on any atom is 0.237 e. The molecule has 3 heterocycles. The highest BCUT2D eigenvalue weighted by Crippen LogP contribution is 2.32. The van der Waals surface area contributed by atoms with Crippen molar-refractivity contribution in [3.05, 3.63) is 53.0 Å². The molecule has 1 aromatic carbocycles. The number of benzene rings is 1. The molecule has 0 fully saturated rings. The molecule has 3 aromatic heterocycles. The summed E-state index contributed by atoms with van der Waals surface area (Å²) in [5.41, 5.74) is 4.25. The summed E-state index contributed by atoms with van der Waals surface area (Å²) in [6, 6.07) is 9.33. The minimum Gasteiger partial charge on any atom is -0.463 e. The summed E-state index contributed by atoms with van der Waals surface area (Å²) in [7, 11) is 0. The summed E-state index contributed by atoms with van der Waals surface area (Å²) in [5.74, 6) is 0.672. The highest BCUT2D eigenvalue weighted by Gasteiger charge is 2.22. The minimum absolute atomic E-state index is 0.0943. The molecule has 0 radical (unpaired) electrons. The molecule has 1 amide bonds. The van der Waals surface area contributed by atoms with Crippen LogP contribution in [0.1, 0.15) is 24.7 Å². The molecule has 1 N–H and O–H groups in total. The topological polar surface area (TPSA) is 72.4 Å². The number of hydrogen-bond acceptors (Lipinski definition) is 5. The van der Waals surface area contributed by atoms with E-state index < -0.39 is 0 Å². The number of nitrogens with zero attached hydrogens (tertiary/aromatic N) is 3. The first kappa shape index (κ1) is 18.8. The van der Waals surface area contributed by atoms with Crippen LogP contribution in [0.5, 0.6) is 0 Å². The molecule has 8 heteroatoms. The van der Waals surface area contributed by atoms with Crippen molar-refractivity contribution in [1.82, 2.24) is 14.6 Å². The van der Waals surface area contributed by atoms with Crippen LogP contribution in [0.3, 0.4) is 0 Å². The lowest BCUT2D eigenvalue weighted by molar-refractivity contribution is -0.115. The van der Waals surface area contributed by atoms with Crippen molar-refractivity contribution in [3.63, 3.8) is 0 Å². The molecular weight excluding hydrogens is 396 g/mol. The third kappa shape index (κ3) is 3.36. The average Bonchev–Trinajstić information content (AvgIpc) is 3.25. The van der Waals surface area contributed by atoms with Gasteiger partial charge in [-0.1, -0.05) is 36.4 Å². The van der Waals surface area contributed by atoms with E-state index in [-0.39, 0.29) is 11.2 Å². The number of carbonyl (C=O) groups excluding carboxylic acids is 1. The lowest BCUT2D eigenvalue weighted by Crippen LogP contribution is -2.24. The van der Waals surface area contributed by atoms with Crippen LogP contribution in [0.4, 0.5) is 5.69 Å². The van der Waals surface area contributed by atoms with Gasteiger partial charge >= 0.3 is 0 Å². The number of aryl methyl sites for hydroxylation is 2. The Bertz CT molecular complexity index is 1180. The Kier molecular flexibility index (Phi) is 5.03. The van der Waals surface area contributed by atoms with Crippen LogP contribution in [0.25, 0.3) is 16.6 Å². The van der Waals surface area contributed by atoms with E-state index in [4.69, 9.17) is 16.0 Å². The Hall–Kier alpha value is -2.51. The monoisotopic (exact) mass is 414 g/mol. The van der Waals surface area contributed by atoms with Gasteiger partial charge in [0.05, 0.1) is 22.5 Å². The van der Waals surface area contributed by atoms with Crippen LogP contribution < -0.4 is 5.32 Å². The highest BCUT2D eigenvalue weighted by molar-refractivity contribution is 8.00. The van der Waals surface area contributed by atoms with Gasteiger partial charge < -0.3 is 9.73 Å². The fourth-order valence-corrected chi connectivity index (χ4v) is 4.22. The number of halogens is 1. The second-order valence-electron chi connectivity index (χ2n) is 6.56. The van der Waals surface area contributed by atoms with Gasteiger partial charge in [-0.2, -0.15) is 0 Å². The molecule has 0 unspecified atom stereocenters. The molecule has 0 aliphatic heterocycles. The van der Waals surface area contributed by atoms with Gasteiger partial charge in [0.25, 0.3) is 0 Å². The van der Waals surface area contributed by atoms with Gasteiger partial charge in [-0.25, -0.2) is 0 Å². The molecule has 0 saturated heterocycles. The van der Waals surface area contributed by atoms with E-state index in [2.05, 4.69) is 15.5 Å². The summed E-state index contributed by atoms with van der Waals surface area (Å²) in [6.07, 6.45) is 2.30. The van der Waals surface area contributed by atoms with Gasteiger partial charge in [0.2, 0.25) is 5.91 Å². The number of amides is 1. The van der Waals surface area contributed by atoms with E-state index >= 15 is 0 Å². The van der Waals surface area contributed by atoms with Gasteiger partial charge in [0, 0.05) is 22.8 Å². The van der Waals surface area contributed by atoms with Crippen LogP contribution in [0.15, 0.2) is 46.0 Å². The van der Waals surface area contributed by atoms with Gasteiger partial charge in [-0.15, -0.1) is 10.2 Å². The van der Waals surface area contributed by atoms with Crippen LogP contribution in [-0.2, 0) is 4.79 Å². The number of carbonyl (C=O) groups is 1. The standard InChI is InChI=1S/C20H19ClN4O2S/c1-4-18(19(26)22-13-6-5-11(2)14(21)9-13)28-20-16-10-17-15(7-8-27-17)25(16)12(3)23-24-20/h5-10,18H,4H2,1-3H3,(H,22,26)/t18-/m0/s1. The van der Waals surface area contributed by atoms with Crippen LogP contribution in [-0.4, -0.2) is 25.8 Å². The summed E-state index contributed by atoms with van der Waals surface area (Å²) < 4.78 is 7.51. The zero-order chi connectivity index (χ0) is 19.8. The Labute approximate surface area is 171 Å². The Morgan fingerprint density at radius 1 is 1.25 bits per heavy atom. The van der Waals surface area contributed by atoms with Gasteiger partial charge in [0.1, 0.15) is 10.9 Å². The molecule has 1 atom stereocenters. The Morgan fingerprint density at radius 3 is 2.82 bits per heavy atom. The van der Waals surface area contributed by atoms with Crippen LogP contribution in [0, 0.1) is 13.8 Å². The van der Waals surface area contributed by atoms with Crippen molar-refractivity contribution in [2.24, 2.45) is 0 Å². The number of thioether (sulfide) groups is 1. The highest BCUT2D eigenvalue weighted by atomic mass is 35.5. The molecule has 0 aliphatic carbocycles. The van der Waals surface area contributed by atoms with Gasteiger partial charge in [0.15, 0.2) is 5.58 Å². The first-order valence-electron chi connectivity index (χ1n) is 8.93. The fourth-order valence-electron chi connectivity index (χ4n) is 3.08. The molecule has 4 aromatic rings. The predicted molar refractivity (Wildman–Crippen MR) is 112 cm³/mol. The SMILES string of the molecule is CC[C@H](Sc1nnc(C)n2c1cc1occc12)C(=O)Nc1ccc(C)c(Cl)c1. The first-order chi connectivity index (χ1) is 13.5. The number of aromatic nitrogens is 3. The van der Waals surface area contributed by atoms with E-state index in [0.29, 0.717) is 22.2 Å². The molecule has 0 bridgehead atoms. The molecule has 4 rings (SSSR count). The second kappa shape index (κ2) is 7.48. The van der Waals surface area contributed by atoms with Crippen molar-refractivity contribution < 1.29 is 9.21 Å². The second-order valence-corrected chi connectivity index (χ2v) is 8.15. The summed E-state index contributed by atoms with van der Waals surface area (Å²) in [4.78, 5) is 12.8. The number of hydrogen-bond donors (Lipinski definition) is 1. The zero-order valence-electron chi connectivity index (χ0n) is 15.7. The van der Waals surface area contributed by atoms with Crippen molar-refractivity contribution in [2.75, 3.05) is 5.32 Å². The summed E-state index contributed by atoms with van der Waals surface area (Å²) >= 11 is 7.56. The van der Waals surface area contributed by atoms with E-state index in [1.54, 1.807) is 12.3 Å². The Balaban J connectivity index is 1.62. The minimum atomic E-state index is -0.318. The summed E-state index contributed by atoms with van der Waals surface area (Å²) in [6.45, 7) is 5.79. The average molecular weight is 415 g/mol. The predicted octanol–water partition coefficient (Wildman–Crippen LogP) is 5.26.